The Morgan fingerprint density at radius 1 is 1.29 bits per heavy atom. The number of halogens is 1. The van der Waals surface area contributed by atoms with Crippen LogP contribution < -0.4 is 5.32 Å². The molecule has 128 valence electrons. The molecule has 1 heterocycles. The molecular formula is C18H22ClN3O2. The van der Waals surface area contributed by atoms with Crippen LogP contribution in [0.5, 0.6) is 0 Å². The number of ether oxygens (including phenoxy) is 1. The fourth-order valence-electron chi connectivity index (χ4n) is 2.54. The molecule has 0 aliphatic carbocycles. The average molecular weight is 348 g/mol. The van der Waals surface area contributed by atoms with E-state index in [-0.39, 0.29) is 18.1 Å². The van der Waals surface area contributed by atoms with Crippen LogP contribution in [0.15, 0.2) is 48.8 Å². The number of rotatable bonds is 6. The Kier molecular flexibility index (Phi) is 6.58. The summed E-state index contributed by atoms with van der Waals surface area (Å²) in [5.74, 6) is 0. The van der Waals surface area contributed by atoms with E-state index in [4.69, 9.17) is 16.3 Å². The first-order chi connectivity index (χ1) is 11.5. The summed E-state index contributed by atoms with van der Waals surface area (Å²) in [5, 5.41) is 3.58. The van der Waals surface area contributed by atoms with Gasteiger partial charge < -0.3 is 15.0 Å². The molecule has 0 spiro atoms. The monoisotopic (exact) mass is 347 g/mol. The SMILES string of the molecule is COC[C@H](C)NC(=O)N(C)[C@H](c1ccc(Cl)cc1)c1cccnc1. The van der Waals surface area contributed by atoms with E-state index in [0.29, 0.717) is 11.6 Å². The summed E-state index contributed by atoms with van der Waals surface area (Å²) in [5.41, 5.74) is 1.89. The number of carbonyl (C=O) groups excluding carboxylic acids is 1. The molecule has 0 unspecified atom stereocenters. The normalized spacial score (nSPS) is 13.2. The van der Waals surface area contributed by atoms with Crippen LogP contribution in [-0.2, 0) is 4.74 Å². The Morgan fingerprint density at radius 3 is 2.58 bits per heavy atom. The third kappa shape index (κ3) is 4.69. The average Bonchev–Trinajstić information content (AvgIpc) is 2.58. The molecule has 24 heavy (non-hydrogen) atoms. The number of amides is 2. The fourth-order valence-corrected chi connectivity index (χ4v) is 2.67. The highest BCUT2D eigenvalue weighted by molar-refractivity contribution is 6.30. The number of nitrogens with zero attached hydrogens (tertiary/aromatic N) is 2. The second-order valence-corrected chi connectivity index (χ2v) is 6.09. The predicted octanol–water partition coefficient (Wildman–Crippen LogP) is 3.50. The molecule has 0 bridgehead atoms. The number of carbonyl (C=O) groups is 1. The molecule has 2 aromatic rings. The van der Waals surface area contributed by atoms with Gasteiger partial charge in [-0.15, -0.1) is 0 Å². The zero-order chi connectivity index (χ0) is 17.5. The van der Waals surface area contributed by atoms with E-state index < -0.39 is 0 Å². The van der Waals surface area contributed by atoms with Crippen molar-refractivity contribution in [2.75, 3.05) is 20.8 Å². The van der Waals surface area contributed by atoms with Gasteiger partial charge in [0.25, 0.3) is 0 Å². The third-order valence-corrected chi connectivity index (χ3v) is 3.93. The number of urea groups is 1. The number of nitrogens with one attached hydrogen (secondary N) is 1. The van der Waals surface area contributed by atoms with Gasteiger partial charge in [-0.05, 0) is 36.2 Å². The van der Waals surface area contributed by atoms with Crippen molar-refractivity contribution in [3.8, 4) is 0 Å². The summed E-state index contributed by atoms with van der Waals surface area (Å²) < 4.78 is 5.07. The first-order valence-electron chi connectivity index (χ1n) is 7.70. The van der Waals surface area contributed by atoms with Crippen molar-refractivity contribution >= 4 is 17.6 Å². The fraction of sp³-hybridized carbons (Fsp3) is 0.333. The standard InChI is InChI=1S/C18H22ClN3O2/c1-13(12-24-3)21-18(23)22(2)17(15-5-4-10-20-11-15)14-6-8-16(19)9-7-14/h4-11,13,17H,12H2,1-3H3,(H,21,23)/t13-,17+/m0/s1. The molecule has 5 nitrogen and oxygen atoms in total. The minimum Gasteiger partial charge on any atom is -0.383 e. The van der Waals surface area contributed by atoms with Crippen LogP contribution in [0.25, 0.3) is 0 Å². The van der Waals surface area contributed by atoms with Crippen LogP contribution in [0.1, 0.15) is 24.1 Å². The van der Waals surface area contributed by atoms with Gasteiger partial charge in [0.05, 0.1) is 18.7 Å². The number of pyridine rings is 1. The lowest BCUT2D eigenvalue weighted by Crippen LogP contribution is -2.45. The zero-order valence-corrected chi connectivity index (χ0v) is 14.8. The highest BCUT2D eigenvalue weighted by atomic mass is 35.5. The summed E-state index contributed by atoms with van der Waals surface area (Å²) >= 11 is 5.99. The van der Waals surface area contributed by atoms with Crippen molar-refractivity contribution in [1.29, 1.82) is 0 Å². The number of methoxy groups -OCH3 is 1. The van der Waals surface area contributed by atoms with Crippen LogP contribution in [0, 0.1) is 0 Å². The Hall–Kier alpha value is -2.11. The molecule has 0 radical (unpaired) electrons. The molecule has 1 aromatic heterocycles. The summed E-state index contributed by atoms with van der Waals surface area (Å²) in [4.78, 5) is 18.4. The van der Waals surface area contributed by atoms with Crippen LogP contribution in [0.4, 0.5) is 4.79 Å². The van der Waals surface area contributed by atoms with Crippen LogP contribution >= 0.6 is 11.6 Å². The molecule has 6 heteroatoms. The molecule has 0 saturated heterocycles. The number of benzene rings is 1. The predicted molar refractivity (Wildman–Crippen MR) is 95.2 cm³/mol. The van der Waals surface area contributed by atoms with Crippen LogP contribution in [0.3, 0.4) is 0 Å². The maximum atomic E-state index is 12.6. The summed E-state index contributed by atoms with van der Waals surface area (Å²) in [6.45, 7) is 2.36. The summed E-state index contributed by atoms with van der Waals surface area (Å²) in [7, 11) is 3.37. The maximum absolute atomic E-state index is 12.6. The van der Waals surface area contributed by atoms with E-state index in [1.165, 1.54) is 0 Å². The minimum atomic E-state index is -0.259. The van der Waals surface area contributed by atoms with E-state index in [1.54, 1.807) is 31.5 Å². The molecule has 2 rings (SSSR count). The van der Waals surface area contributed by atoms with Crippen molar-refractivity contribution < 1.29 is 9.53 Å². The molecule has 1 aromatic carbocycles. The lowest BCUT2D eigenvalue weighted by Gasteiger charge is -2.30. The lowest BCUT2D eigenvalue weighted by molar-refractivity contribution is 0.159. The van der Waals surface area contributed by atoms with Crippen molar-refractivity contribution in [3.05, 3.63) is 64.9 Å². The Labute approximate surface area is 147 Å². The Morgan fingerprint density at radius 2 is 2.00 bits per heavy atom. The van der Waals surface area contributed by atoms with Crippen molar-refractivity contribution in [2.24, 2.45) is 0 Å². The molecule has 0 aliphatic heterocycles. The minimum absolute atomic E-state index is 0.0790. The topological polar surface area (TPSA) is 54.5 Å². The largest absolute Gasteiger partial charge is 0.383 e. The van der Waals surface area contributed by atoms with Gasteiger partial charge in [-0.3, -0.25) is 4.98 Å². The van der Waals surface area contributed by atoms with Crippen LogP contribution in [0.2, 0.25) is 5.02 Å². The van der Waals surface area contributed by atoms with E-state index in [2.05, 4.69) is 10.3 Å². The number of hydrogen-bond donors (Lipinski definition) is 1. The van der Waals surface area contributed by atoms with Crippen molar-refractivity contribution in [2.45, 2.75) is 19.0 Å². The van der Waals surface area contributed by atoms with E-state index >= 15 is 0 Å². The van der Waals surface area contributed by atoms with Gasteiger partial charge >= 0.3 is 6.03 Å². The van der Waals surface area contributed by atoms with Crippen molar-refractivity contribution in [3.63, 3.8) is 0 Å². The molecule has 0 aliphatic rings. The highest BCUT2D eigenvalue weighted by Crippen LogP contribution is 2.28. The van der Waals surface area contributed by atoms with Crippen molar-refractivity contribution in [1.82, 2.24) is 15.2 Å². The second-order valence-electron chi connectivity index (χ2n) is 5.66. The lowest BCUT2D eigenvalue weighted by atomic mass is 9.99. The number of hydrogen-bond acceptors (Lipinski definition) is 3. The molecular weight excluding hydrogens is 326 g/mol. The van der Waals surface area contributed by atoms with Gasteiger partial charge in [-0.25, -0.2) is 4.79 Å². The smallest absolute Gasteiger partial charge is 0.318 e. The van der Waals surface area contributed by atoms with Gasteiger partial charge in [-0.2, -0.15) is 0 Å². The third-order valence-electron chi connectivity index (χ3n) is 3.68. The number of aromatic nitrogens is 1. The first kappa shape index (κ1) is 18.2. The van der Waals surface area contributed by atoms with Gasteiger partial charge in [0.2, 0.25) is 0 Å². The quantitative estimate of drug-likeness (QED) is 0.870. The second kappa shape index (κ2) is 8.66. The Balaban J connectivity index is 2.28. The molecule has 0 saturated carbocycles. The van der Waals surface area contributed by atoms with Gasteiger partial charge in [0.1, 0.15) is 0 Å². The van der Waals surface area contributed by atoms with E-state index in [9.17, 15) is 4.79 Å². The maximum Gasteiger partial charge on any atom is 0.318 e. The molecule has 1 N–H and O–H groups in total. The van der Waals surface area contributed by atoms with E-state index in [0.717, 1.165) is 11.1 Å². The van der Waals surface area contributed by atoms with E-state index in [1.807, 2.05) is 43.3 Å². The van der Waals surface area contributed by atoms with Gasteiger partial charge in [0, 0.05) is 31.6 Å². The summed E-state index contributed by atoms with van der Waals surface area (Å²) in [6.07, 6.45) is 3.48. The van der Waals surface area contributed by atoms with Crippen LogP contribution in [-0.4, -0.2) is 42.7 Å². The van der Waals surface area contributed by atoms with Gasteiger partial charge in [-0.1, -0.05) is 29.8 Å². The zero-order valence-electron chi connectivity index (χ0n) is 14.1. The molecule has 0 fully saturated rings. The summed E-state index contributed by atoms with van der Waals surface area (Å²) in [6, 6.07) is 10.8. The molecule has 2 atom stereocenters. The first-order valence-corrected chi connectivity index (χ1v) is 8.08. The van der Waals surface area contributed by atoms with Gasteiger partial charge in [0.15, 0.2) is 0 Å². The molecule has 2 amide bonds. The Bertz CT molecular complexity index is 649. The highest BCUT2D eigenvalue weighted by Gasteiger charge is 2.24.